The van der Waals surface area contributed by atoms with Gasteiger partial charge in [0.2, 0.25) is 5.79 Å². The fourth-order valence-electron chi connectivity index (χ4n) is 4.75. The van der Waals surface area contributed by atoms with Crippen molar-refractivity contribution in [2.24, 2.45) is 29.6 Å². The molecule has 160 valence electrons. The normalized spacial score (nSPS) is 38.1. The van der Waals surface area contributed by atoms with Crippen LogP contribution in [0.2, 0.25) is 0 Å². The summed E-state index contributed by atoms with van der Waals surface area (Å²) in [5.41, 5.74) is 2.44. The van der Waals surface area contributed by atoms with Crippen LogP contribution < -0.4 is 5.32 Å². The summed E-state index contributed by atoms with van der Waals surface area (Å²) in [6.45, 7) is 10.7. The first-order valence-electron chi connectivity index (χ1n) is 10.8. The third-order valence-electron chi connectivity index (χ3n) is 6.80. The first-order valence-corrected chi connectivity index (χ1v) is 10.8. The van der Waals surface area contributed by atoms with Crippen LogP contribution in [-0.4, -0.2) is 41.2 Å². The van der Waals surface area contributed by atoms with E-state index in [-0.39, 0.29) is 6.10 Å². The number of ether oxygens (including phenoxy) is 1. The van der Waals surface area contributed by atoms with E-state index < -0.39 is 11.8 Å². The molecule has 0 saturated carbocycles. The summed E-state index contributed by atoms with van der Waals surface area (Å²) in [5.74, 6) is 0.826. The molecule has 3 unspecified atom stereocenters. The third-order valence-corrected chi connectivity index (χ3v) is 6.80. The Balaban J connectivity index is 0.000000224. The lowest BCUT2D eigenvalue weighted by atomic mass is 9.66. The van der Waals surface area contributed by atoms with Gasteiger partial charge in [0.15, 0.2) is 0 Å². The van der Waals surface area contributed by atoms with Gasteiger partial charge in [0.1, 0.15) is 0 Å². The predicted octanol–water partition coefficient (Wildman–Crippen LogP) is 3.68. The number of carboxylic acids is 1. The third kappa shape index (κ3) is 5.08. The molecule has 1 aliphatic carbocycles. The lowest BCUT2D eigenvalue weighted by Gasteiger charge is -2.42. The second-order valence-electron chi connectivity index (χ2n) is 9.19. The van der Waals surface area contributed by atoms with E-state index >= 15 is 0 Å². The molecule has 5 heteroatoms. The van der Waals surface area contributed by atoms with Gasteiger partial charge in [-0.25, -0.2) is 4.79 Å². The molecule has 2 bridgehead atoms. The SMILES string of the molecule is CC1=CCC(C(C)C)[C@H]2/C=C(/C)C3(O)C=CC(C[C@@H]12)O3.O=C(O)/C=C/C1CNC1. The predicted molar refractivity (Wildman–Crippen MR) is 114 cm³/mol. The topological polar surface area (TPSA) is 78.8 Å². The average molecular weight is 402 g/mol. The summed E-state index contributed by atoms with van der Waals surface area (Å²) in [6.07, 6.45) is 13.7. The minimum Gasteiger partial charge on any atom is -0.478 e. The maximum absolute atomic E-state index is 10.6. The van der Waals surface area contributed by atoms with Crippen molar-refractivity contribution < 1.29 is 19.7 Å². The van der Waals surface area contributed by atoms with E-state index in [1.807, 2.05) is 19.1 Å². The Morgan fingerprint density at radius 2 is 2.07 bits per heavy atom. The molecule has 0 aromatic rings. The van der Waals surface area contributed by atoms with E-state index in [4.69, 9.17) is 9.84 Å². The van der Waals surface area contributed by atoms with Gasteiger partial charge in [-0.2, -0.15) is 0 Å². The van der Waals surface area contributed by atoms with Gasteiger partial charge in [0, 0.05) is 25.1 Å². The summed E-state index contributed by atoms with van der Waals surface area (Å²) in [7, 11) is 0. The average Bonchev–Trinajstić information content (AvgIpc) is 2.99. The molecule has 29 heavy (non-hydrogen) atoms. The zero-order chi connectivity index (χ0) is 21.2. The highest BCUT2D eigenvalue weighted by Crippen LogP contribution is 2.46. The lowest BCUT2D eigenvalue weighted by molar-refractivity contribution is -0.151. The van der Waals surface area contributed by atoms with Crippen LogP contribution in [0, 0.1) is 29.6 Å². The van der Waals surface area contributed by atoms with E-state index in [1.165, 1.54) is 11.6 Å². The van der Waals surface area contributed by atoms with Crippen LogP contribution in [0.1, 0.15) is 40.5 Å². The Hall–Kier alpha value is -1.69. The number of carbonyl (C=O) groups is 1. The summed E-state index contributed by atoms with van der Waals surface area (Å²) in [5, 5.41) is 21.8. The Labute approximate surface area is 174 Å². The van der Waals surface area contributed by atoms with Gasteiger partial charge < -0.3 is 20.3 Å². The van der Waals surface area contributed by atoms with Gasteiger partial charge in [0.25, 0.3) is 0 Å². The summed E-state index contributed by atoms with van der Waals surface area (Å²) in [6, 6.07) is 0. The van der Waals surface area contributed by atoms with Crippen LogP contribution >= 0.6 is 0 Å². The maximum atomic E-state index is 10.6. The van der Waals surface area contributed by atoms with Crippen molar-refractivity contribution in [2.45, 2.75) is 52.4 Å². The lowest BCUT2D eigenvalue weighted by Crippen LogP contribution is -2.40. The van der Waals surface area contributed by atoms with Crippen molar-refractivity contribution in [3.63, 3.8) is 0 Å². The minimum absolute atomic E-state index is 0.0467. The first kappa shape index (κ1) is 22.0. The van der Waals surface area contributed by atoms with Gasteiger partial charge in [-0.3, -0.25) is 0 Å². The highest BCUT2D eigenvalue weighted by molar-refractivity contribution is 5.79. The van der Waals surface area contributed by atoms with Crippen LogP contribution in [0.3, 0.4) is 0 Å². The van der Waals surface area contributed by atoms with Crippen molar-refractivity contribution in [3.05, 3.63) is 47.6 Å². The molecule has 5 nitrogen and oxygen atoms in total. The number of allylic oxidation sites excluding steroid dienone is 3. The van der Waals surface area contributed by atoms with Crippen molar-refractivity contribution in [1.82, 2.24) is 5.32 Å². The number of nitrogens with one attached hydrogen (secondary N) is 1. The number of carboxylic acid groups (broad SMARTS) is 1. The second kappa shape index (κ2) is 8.99. The molecule has 4 aliphatic rings. The number of hydrogen-bond donors (Lipinski definition) is 3. The van der Waals surface area contributed by atoms with Gasteiger partial charge in [0.05, 0.1) is 6.10 Å². The molecule has 1 fully saturated rings. The molecule has 3 heterocycles. The Kier molecular flexibility index (Phi) is 6.82. The molecule has 0 amide bonds. The van der Waals surface area contributed by atoms with Crippen LogP contribution in [0.15, 0.2) is 47.6 Å². The highest BCUT2D eigenvalue weighted by Gasteiger charge is 2.43. The van der Waals surface area contributed by atoms with Crippen molar-refractivity contribution >= 4 is 5.97 Å². The van der Waals surface area contributed by atoms with Crippen LogP contribution in [-0.2, 0) is 9.53 Å². The van der Waals surface area contributed by atoms with E-state index in [1.54, 1.807) is 6.08 Å². The molecule has 0 aromatic carbocycles. The fraction of sp³-hybridized carbons (Fsp3) is 0.625. The second-order valence-corrected chi connectivity index (χ2v) is 9.19. The minimum atomic E-state index is -1.16. The van der Waals surface area contributed by atoms with E-state index in [9.17, 15) is 9.90 Å². The molecule has 3 aliphatic heterocycles. The van der Waals surface area contributed by atoms with Gasteiger partial charge in [-0.15, -0.1) is 0 Å². The molecule has 0 spiro atoms. The largest absolute Gasteiger partial charge is 0.478 e. The number of rotatable bonds is 3. The van der Waals surface area contributed by atoms with Crippen molar-refractivity contribution in [3.8, 4) is 0 Å². The summed E-state index contributed by atoms with van der Waals surface area (Å²) >= 11 is 0. The molecule has 5 atom stereocenters. The molecule has 3 N–H and O–H groups in total. The fourth-order valence-corrected chi connectivity index (χ4v) is 4.75. The number of aliphatic hydroxyl groups is 1. The zero-order valence-corrected chi connectivity index (χ0v) is 18.0. The van der Waals surface area contributed by atoms with Crippen LogP contribution in [0.5, 0.6) is 0 Å². The van der Waals surface area contributed by atoms with Crippen LogP contribution in [0.4, 0.5) is 0 Å². The van der Waals surface area contributed by atoms with E-state index in [2.05, 4.69) is 38.2 Å². The molecular formula is C24H35NO4. The number of fused-ring (bicyclic) bond motifs is 3. The van der Waals surface area contributed by atoms with Gasteiger partial charge >= 0.3 is 5.97 Å². The highest BCUT2D eigenvalue weighted by atomic mass is 16.6. The molecule has 0 radical (unpaired) electrons. The quantitative estimate of drug-likeness (QED) is 0.497. The molecule has 1 saturated heterocycles. The van der Waals surface area contributed by atoms with E-state index in [0.717, 1.165) is 31.5 Å². The van der Waals surface area contributed by atoms with Crippen molar-refractivity contribution in [1.29, 1.82) is 0 Å². The maximum Gasteiger partial charge on any atom is 0.327 e. The zero-order valence-electron chi connectivity index (χ0n) is 18.0. The Bertz CT molecular complexity index is 731. The number of hydrogen-bond acceptors (Lipinski definition) is 4. The molecule has 4 rings (SSSR count). The first-order chi connectivity index (χ1) is 13.7. The smallest absolute Gasteiger partial charge is 0.327 e. The van der Waals surface area contributed by atoms with Crippen LogP contribution in [0.25, 0.3) is 0 Å². The molecular weight excluding hydrogens is 366 g/mol. The Morgan fingerprint density at radius 1 is 1.34 bits per heavy atom. The monoisotopic (exact) mass is 401 g/mol. The number of aliphatic carboxylic acids is 1. The van der Waals surface area contributed by atoms with E-state index in [0.29, 0.717) is 29.6 Å². The van der Waals surface area contributed by atoms with Gasteiger partial charge in [-0.05, 0) is 62.0 Å². The summed E-state index contributed by atoms with van der Waals surface area (Å²) in [4.78, 5) is 9.94. The van der Waals surface area contributed by atoms with Crippen molar-refractivity contribution in [2.75, 3.05) is 13.1 Å². The Morgan fingerprint density at radius 3 is 2.66 bits per heavy atom. The van der Waals surface area contributed by atoms with Gasteiger partial charge in [-0.1, -0.05) is 43.7 Å². The summed E-state index contributed by atoms with van der Waals surface area (Å²) < 4.78 is 5.84. The standard InChI is InChI=1S/C18H26O2.C6H9NO2/c1-11(2)15-6-5-12(3)16-10-14-7-8-18(19,20-14)13(4)9-17(15)16;8-6(9)2-1-5-3-7-4-5/h5,7-9,11,14-17,19H,6,10H2,1-4H3;1-2,5,7H,3-4H2,(H,8,9)/b13-9-;2-1+/t14?,15?,16-,17+,18?;/m0./s1. The molecule has 0 aromatic heterocycles.